The fourth-order valence-corrected chi connectivity index (χ4v) is 2.24. The molecule has 0 N–H and O–H groups in total. The molecular weight excluding hydrogens is 320 g/mol. The highest BCUT2D eigenvalue weighted by atomic mass is 16.6. The Hall–Kier alpha value is -3.15. The third-order valence-corrected chi connectivity index (χ3v) is 3.51. The van der Waals surface area contributed by atoms with E-state index < -0.39 is 5.97 Å². The van der Waals surface area contributed by atoms with Crippen LogP contribution in [0.25, 0.3) is 0 Å². The van der Waals surface area contributed by atoms with E-state index in [0.717, 1.165) is 16.7 Å². The molecule has 0 aliphatic carbocycles. The van der Waals surface area contributed by atoms with Crippen LogP contribution in [0.2, 0.25) is 0 Å². The number of oxime groups is 2. The molecular formula is C19H20N2O4. The van der Waals surface area contributed by atoms with Crippen molar-refractivity contribution in [3.63, 3.8) is 0 Å². The number of methoxy groups -OCH3 is 1. The Kier molecular flexibility index (Phi) is 6.71. The van der Waals surface area contributed by atoms with Gasteiger partial charge in [0.15, 0.2) is 5.71 Å². The zero-order valence-corrected chi connectivity index (χ0v) is 14.4. The third kappa shape index (κ3) is 4.91. The molecule has 2 aromatic rings. The number of carbonyl (C=O) groups excluding carboxylic acids is 1. The van der Waals surface area contributed by atoms with Crippen LogP contribution in [0.3, 0.4) is 0 Å². The van der Waals surface area contributed by atoms with Crippen molar-refractivity contribution in [1.82, 2.24) is 0 Å². The van der Waals surface area contributed by atoms with Gasteiger partial charge in [0.2, 0.25) is 0 Å². The average molecular weight is 340 g/mol. The first kappa shape index (κ1) is 18.2. The van der Waals surface area contributed by atoms with Crippen LogP contribution in [-0.2, 0) is 25.8 Å². The summed E-state index contributed by atoms with van der Waals surface area (Å²) in [4.78, 5) is 22.2. The monoisotopic (exact) mass is 340 g/mol. The highest BCUT2D eigenvalue weighted by Gasteiger charge is 2.20. The number of benzene rings is 2. The van der Waals surface area contributed by atoms with Crippen LogP contribution in [0.5, 0.6) is 0 Å². The quantitative estimate of drug-likeness (QED) is 0.441. The molecule has 0 bridgehead atoms. The summed E-state index contributed by atoms with van der Waals surface area (Å²) in [6, 6.07) is 15.1. The lowest BCUT2D eigenvalue weighted by Crippen LogP contribution is -2.20. The van der Waals surface area contributed by atoms with Crippen LogP contribution < -0.4 is 0 Å². The molecule has 25 heavy (non-hydrogen) atoms. The van der Waals surface area contributed by atoms with Gasteiger partial charge in [-0.2, -0.15) is 0 Å². The van der Waals surface area contributed by atoms with Gasteiger partial charge in [-0.15, -0.1) is 0 Å². The second-order valence-electron chi connectivity index (χ2n) is 5.13. The predicted molar refractivity (Wildman–Crippen MR) is 95.6 cm³/mol. The molecule has 0 spiro atoms. The van der Waals surface area contributed by atoms with Gasteiger partial charge in [-0.3, -0.25) is 0 Å². The van der Waals surface area contributed by atoms with E-state index >= 15 is 0 Å². The smallest absolute Gasteiger partial charge is 0.360 e. The topological polar surface area (TPSA) is 69.5 Å². The first-order chi connectivity index (χ1) is 12.2. The SMILES string of the molecule is CO/N=C(/C(=O)OC)c1cccc(C)c1CO/N=C/c1ccccc1. The first-order valence-electron chi connectivity index (χ1n) is 7.66. The second-order valence-corrected chi connectivity index (χ2v) is 5.13. The van der Waals surface area contributed by atoms with Gasteiger partial charge in [0.05, 0.1) is 13.3 Å². The average Bonchev–Trinajstić information content (AvgIpc) is 2.64. The van der Waals surface area contributed by atoms with Gasteiger partial charge in [-0.25, -0.2) is 4.79 Å². The van der Waals surface area contributed by atoms with E-state index in [1.54, 1.807) is 12.3 Å². The summed E-state index contributed by atoms with van der Waals surface area (Å²) in [5.41, 5.74) is 3.33. The molecule has 0 atom stereocenters. The molecule has 0 aliphatic heterocycles. The van der Waals surface area contributed by atoms with Crippen molar-refractivity contribution in [1.29, 1.82) is 0 Å². The number of esters is 1. The molecule has 6 nitrogen and oxygen atoms in total. The van der Waals surface area contributed by atoms with E-state index in [-0.39, 0.29) is 12.3 Å². The Bertz CT molecular complexity index is 770. The summed E-state index contributed by atoms with van der Waals surface area (Å²) in [5, 5.41) is 7.77. The maximum atomic E-state index is 12.0. The molecule has 0 heterocycles. The highest BCUT2D eigenvalue weighted by Crippen LogP contribution is 2.18. The van der Waals surface area contributed by atoms with Crippen molar-refractivity contribution < 1.29 is 19.2 Å². The number of aryl methyl sites for hydroxylation is 1. The Morgan fingerprint density at radius 2 is 1.84 bits per heavy atom. The van der Waals surface area contributed by atoms with Crippen molar-refractivity contribution >= 4 is 17.9 Å². The van der Waals surface area contributed by atoms with Crippen molar-refractivity contribution in [2.45, 2.75) is 13.5 Å². The van der Waals surface area contributed by atoms with Crippen molar-refractivity contribution in [2.75, 3.05) is 14.2 Å². The number of nitrogens with zero attached hydrogens (tertiary/aromatic N) is 2. The molecule has 0 radical (unpaired) electrons. The predicted octanol–water partition coefficient (Wildman–Crippen LogP) is 3.07. The van der Waals surface area contributed by atoms with Gasteiger partial charge in [0.1, 0.15) is 13.7 Å². The lowest BCUT2D eigenvalue weighted by Gasteiger charge is -2.12. The summed E-state index contributed by atoms with van der Waals surface area (Å²) >= 11 is 0. The Balaban J connectivity index is 2.21. The standard InChI is InChI=1S/C19H20N2O4/c1-14-8-7-11-16(18(21-24-3)19(22)23-2)17(14)13-25-20-12-15-9-5-4-6-10-15/h4-12H,13H2,1-3H3/b20-12+,21-18+. The molecule has 0 unspecified atom stereocenters. The van der Waals surface area contributed by atoms with Gasteiger partial charge in [0, 0.05) is 11.1 Å². The number of carbonyl (C=O) groups is 1. The zero-order valence-electron chi connectivity index (χ0n) is 14.4. The Labute approximate surface area is 146 Å². The van der Waals surface area contributed by atoms with Gasteiger partial charge in [-0.05, 0) is 18.1 Å². The fourth-order valence-electron chi connectivity index (χ4n) is 2.24. The number of hydrogen-bond acceptors (Lipinski definition) is 6. The minimum Gasteiger partial charge on any atom is -0.464 e. The van der Waals surface area contributed by atoms with E-state index in [0.29, 0.717) is 5.56 Å². The van der Waals surface area contributed by atoms with E-state index in [2.05, 4.69) is 10.3 Å². The molecule has 0 aliphatic rings. The van der Waals surface area contributed by atoms with E-state index in [9.17, 15) is 4.79 Å². The molecule has 0 saturated carbocycles. The van der Waals surface area contributed by atoms with Crippen LogP contribution in [0, 0.1) is 6.92 Å². The fraction of sp³-hybridized carbons (Fsp3) is 0.211. The highest BCUT2D eigenvalue weighted by molar-refractivity contribution is 6.43. The van der Waals surface area contributed by atoms with Crippen molar-refractivity contribution in [3.05, 3.63) is 70.8 Å². The van der Waals surface area contributed by atoms with Gasteiger partial charge < -0.3 is 14.4 Å². The summed E-state index contributed by atoms with van der Waals surface area (Å²) in [6.07, 6.45) is 1.63. The lowest BCUT2D eigenvalue weighted by atomic mass is 9.99. The molecule has 2 rings (SSSR count). The molecule has 6 heteroatoms. The number of hydrogen-bond donors (Lipinski definition) is 0. The molecule has 0 amide bonds. The van der Waals surface area contributed by atoms with Crippen LogP contribution >= 0.6 is 0 Å². The summed E-state index contributed by atoms with van der Waals surface area (Å²) in [5.74, 6) is -0.582. The van der Waals surface area contributed by atoms with E-state index in [4.69, 9.17) is 14.4 Å². The molecule has 0 saturated heterocycles. The number of ether oxygens (including phenoxy) is 1. The summed E-state index contributed by atoms with van der Waals surface area (Å²) in [7, 11) is 2.67. The number of rotatable bonds is 7. The Morgan fingerprint density at radius 3 is 2.52 bits per heavy atom. The van der Waals surface area contributed by atoms with Gasteiger partial charge >= 0.3 is 5.97 Å². The van der Waals surface area contributed by atoms with Crippen molar-refractivity contribution in [2.24, 2.45) is 10.3 Å². The maximum absolute atomic E-state index is 12.0. The van der Waals surface area contributed by atoms with Crippen LogP contribution in [0.4, 0.5) is 0 Å². The summed E-state index contributed by atoms with van der Waals surface area (Å²) in [6.45, 7) is 2.11. The van der Waals surface area contributed by atoms with Gasteiger partial charge in [0.25, 0.3) is 0 Å². The maximum Gasteiger partial charge on any atom is 0.360 e. The second kappa shape index (κ2) is 9.22. The largest absolute Gasteiger partial charge is 0.464 e. The lowest BCUT2D eigenvalue weighted by molar-refractivity contribution is -0.132. The van der Waals surface area contributed by atoms with Crippen LogP contribution in [0.1, 0.15) is 22.3 Å². The first-order valence-corrected chi connectivity index (χ1v) is 7.66. The zero-order chi connectivity index (χ0) is 18.1. The van der Waals surface area contributed by atoms with E-state index in [1.807, 2.05) is 49.4 Å². The van der Waals surface area contributed by atoms with Gasteiger partial charge in [-0.1, -0.05) is 58.8 Å². The van der Waals surface area contributed by atoms with E-state index in [1.165, 1.54) is 14.2 Å². The molecule has 2 aromatic carbocycles. The van der Waals surface area contributed by atoms with Crippen molar-refractivity contribution in [3.8, 4) is 0 Å². The Morgan fingerprint density at radius 1 is 1.08 bits per heavy atom. The molecule has 130 valence electrons. The minimum atomic E-state index is -0.582. The minimum absolute atomic E-state index is 0.0827. The van der Waals surface area contributed by atoms with Crippen LogP contribution in [-0.4, -0.2) is 32.1 Å². The normalized spacial score (nSPS) is 11.4. The van der Waals surface area contributed by atoms with Crippen LogP contribution in [0.15, 0.2) is 58.8 Å². The summed E-state index contributed by atoms with van der Waals surface area (Å²) < 4.78 is 4.78. The molecule has 0 fully saturated rings. The third-order valence-electron chi connectivity index (χ3n) is 3.51. The molecule has 0 aromatic heterocycles.